The minimum absolute atomic E-state index is 0.221. The zero-order chi connectivity index (χ0) is 15.6. The maximum atomic E-state index is 12.7. The summed E-state index contributed by atoms with van der Waals surface area (Å²) in [4.78, 5) is 0. The summed E-state index contributed by atoms with van der Waals surface area (Å²) in [5.41, 5.74) is 6.90. The summed E-state index contributed by atoms with van der Waals surface area (Å²) >= 11 is 0. The average molecular weight is 297 g/mol. The molecule has 0 amide bonds. The summed E-state index contributed by atoms with van der Waals surface area (Å²) in [6.07, 6.45) is -3.29. The lowest BCUT2D eigenvalue weighted by molar-refractivity contribution is -0.138. The van der Waals surface area contributed by atoms with E-state index < -0.39 is 11.7 Å². The molecule has 1 aromatic rings. The zero-order valence-corrected chi connectivity index (χ0v) is 12.6. The Balaban J connectivity index is 1.89. The van der Waals surface area contributed by atoms with Gasteiger partial charge in [0.1, 0.15) is 0 Å². The Bertz CT molecular complexity index is 532. The SMILES string of the molecule is C[C@@H]1[C@H]2[C@@H](c3ccc(C(F)(F)F)cc3)[C@@H](C[C@H]1N)C2(C)C. The minimum atomic E-state index is -4.26. The fourth-order valence-electron chi connectivity index (χ4n) is 4.87. The van der Waals surface area contributed by atoms with Crippen molar-refractivity contribution in [3.8, 4) is 0 Å². The molecular weight excluding hydrogens is 275 g/mol. The Morgan fingerprint density at radius 2 is 1.71 bits per heavy atom. The normalized spacial score (nSPS) is 38.0. The van der Waals surface area contributed by atoms with Gasteiger partial charge in [-0.25, -0.2) is 0 Å². The average Bonchev–Trinajstić information content (AvgIpc) is 2.39. The molecule has 4 heteroatoms. The Kier molecular flexibility index (Phi) is 3.18. The Hall–Kier alpha value is -1.03. The molecule has 3 rings (SSSR count). The molecule has 2 aliphatic rings. The van der Waals surface area contributed by atoms with Crippen LogP contribution in [0.3, 0.4) is 0 Å². The first-order valence-electron chi connectivity index (χ1n) is 7.56. The maximum absolute atomic E-state index is 12.7. The van der Waals surface area contributed by atoms with Gasteiger partial charge in [-0.1, -0.05) is 32.9 Å². The lowest BCUT2D eigenvalue weighted by atomic mass is 9.38. The number of nitrogens with two attached hydrogens (primary N) is 1. The van der Waals surface area contributed by atoms with Crippen LogP contribution in [0, 0.1) is 23.2 Å². The molecule has 2 saturated carbocycles. The van der Waals surface area contributed by atoms with Crippen molar-refractivity contribution < 1.29 is 13.2 Å². The Morgan fingerprint density at radius 3 is 2.19 bits per heavy atom. The highest BCUT2D eigenvalue weighted by Crippen LogP contribution is 2.68. The highest BCUT2D eigenvalue weighted by atomic mass is 19.4. The van der Waals surface area contributed by atoms with E-state index in [1.807, 2.05) is 0 Å². The molecular formula is C17H22F3N. The van der Waals surface area contributed by atoms with E-state index in [0.717, 1.165) is 12.0 Å². The van der Waals surface area contributed by atoms with Gasteiger partial charge in [-0.3, -0.25) is 0 Å². The molecule has 2 N–H and O–H groups in total. The largest absolute Gasteiger partial charge is 0.416 e. The third kappa shape index (κ3) is 2.10. The van der Waals surface area contributed by atoms with Gasteiger partial charge in [-0.2, -0.15) is 13.2 Å². The molecule has 2 aliphatic carbocycles. The van der Waals surface area contributed by atoms with Crippen molar-refractivity contribution in [2.75, 3.05) is 0 Å². The van der Waals surface area contributed by atoms with Gasteiger partial charge < -0.3 is 5.73 Å². The summed E-state index contributed by atoms with van der Waals surface area (Å²) in [5, 5.41) is 0. The van der Waals surface area contributed by atoms with E-state index in [0.29, 0.717) is 23.7 Å². The van der Waals surface area contributed by atoms with Crippen LogP contribution < -0.4 is 5.73 Å². The molecule has 116 valence electrons. The third-order valence-corrected chi connectivity index (χ3v) is 6.03. The van der Waals surface area contributed by atoms with Gasteiger partial charge in [0.15, 0.2) is 0 Å². The molecule has 5 atom stereocenters. The van der Waals surface area contributed by atoms with Crippen molar-refractivity contribution in [1.82, 2.24) is 0 Å². The Labute approximate surface area is 123 Å². The van der Waals surface area contributed by atoms with Crippen LogP contribution >= 0.6 is 0 Å². The summed E-state index contributed by atoms with van der Waals surface area (Å²) in [5.74, 6) is 1.71. The van der Waals surface area contributed by atoms with Crippen molar-refractivity contribution in [3.63, 3.8) is 0 Å². The standard InChI is InChI=1S/C17H22F3N/c1-9-13(21)8-12-14(15(9)16(12,2)3)10-4-6-11(7-5-10)17(18,19)20/h4-7,9,12-15H,8,21H2,1-3H3/t9-,12+,13+,14-,15-/m0/s1. The van der Waals surface area contributed by atoms with Crippen molar-refractivity contribution in [2.45, 2.75) is 45.3 Å². The number of halogens is 3. The van der Waals surface area contributed by atoms with E-state index in [1.54, 1.807) is 12.1 Å². The predicted octanol–water partition coefficient (Wildman–Crippen LogP) is 4.43. The third-order valence-electron chi connectivity index (χ3n) is 6.03. The number of alkyl halides is 3. The number of rotatable bonds is 1. The van der Waals surface area contributed by atoms with E-state index in [4.69, 9.17) is 5.73 Å². The smallest absolute Gasteiger partial charge is 0.327 e. The molecule has 0 heterocycles. The molecule has 0 unspecified atom stereocenters. The molecule has 0 spiro atoms. The zero-order valence-electron chi connectivity index (χ0n) is 12.6. The van der Waals surface area contributed by atoms with Gasteiger partial charge in [0, 0.05) is 6.04 Å². The maximum Gasteiger partial charge on any atom is 0.416 e. The number of hydrogen-bond donors (Lipinski definition) is 1. The molecule has 0 aromatic heterocycles. The molecule has 0 radical (unpaired) electrons. The fourth-order valence-corrected chi connectivity index (χ4v) is 4.87. The van der Waals surface area contributed by atoms with E-state index in [-0.39, 0.29) is 11.5 Å². The second-order valence-corrected chi connectivity index (χ2v) is 7.36. The topological polar surface area (TPSA) is 26.0 Å². The van der Waals surface area contributed by atoms with Crippen LogP contribution in [0.25, 0.3) is 0 Å². The molecule has 2 bridgehead atoms. The first kappa shape index (κ1) is 14.9. The van der Waals surface area contributed by atoms with Crippen LogP contribution in [0.2, 0.25) is 0 Å². The second kappa shape index (κ2) is 4.48. The first-order valence-corrected chi connectivity index (χ1v) is 7.56. The summed E-state index contributed by atoms with van der Waals surface area (Å²) in [7, 11) is 0. The van der Waals surface area contributed by atoms with Crippen LogP contribution in [-0.2, 0) is 6.18 Å². The van der Waals surface area contributed by atoms with Crippen LogP contribution in [-0.4, -0.2) is 6.04 Å². The molecule has 0 aliphatic heterocycles. The quantitative estimate of drug-likeness (QED) is 0.815. The fraction of sp³-hybridized carbons (Fsp3) is 0.647. The van der Waals surface area contributed by atoms with E-state index in [9.17, 15) is 13.2 Å². The predicted molar refractivity (Wildman–Crippen MR) is 76.7 cm³/mol. The van der Waals surface area contributed by atoms with Gasteiger partial charge in [0.2, 0.25) is 0 Å². The summed E-state index contributed by atoms with van der Waals surface area (Å²) < 4.78 is 38.0. The first-order chi connectivity index (χ1) is 9.64. The van der Waals surface area contributed by atoms with Crippen molar-refractivity contribution in [2.24, 2.45) is 28.9 Å². The van der Waals surface area contributed by atoms with Gasteiger partial charge >= 0.3 is 6.18 Å². The van der Waals surface area contributed by atoms with Crippen LogP contribution in [0.4, 0.5) is 13.2 Å². The Morgan fingerprint density at radius 1 is 1.14 bits per heavy atom. The van der Waals surface area contributed by atoms with Crippen LogP contribution in [0.5, 0.6) is 0 Å². The van der Waals surface area contributed by atoms with Gasteiger partial charge in [-0.15, -0.1) is 0 Å². The second-order valence-electron chi connectivity index (χ2n) is 7.36. The molecule has 2 fully saturated rings. The number of hydrogen-bond acceptors (Lipinski definition) is 1. The van der Waals surface area contributed by atoms with E-state index in [1.165, 1.54) is 12.1 Å². The number of benzene rings is 1. The van der Waals surface area contributed by atoms with E-state index >= 15 is 0 Å². The summed E-state index contributed by atoms with van der Waals surface area (Å²) in [6.45, 7) is 6.72. The molecule has 1 nitrogen and oxygen atoms in total. The lowest BCUT2D eigenvalue weighted by Crippen LogP contribution is -2.63. The highest BCUT2D eigenvalue weighted by Gasteiger charge is 2.62. The molecule has 21 heavy (non-hydrogen) atoms. The van der Waals surface area contributed by atoms with E-state index in [2.05, 4.69) is 20.8 Å². The summed E-state index contributed by atoms with van der Waals surface area (Å²) in [6, 6.07) is 5.96. The highest BCUT2D eigenvalue weighted by molar-refractivity contribution is 5.33. The van der Waals surface area contributed by atoms with Crippen LogP contribution in [0.1, 0.15) is 44.2 Å². The van der Waals surface area contributed by atoms with Gasteiger partial charge in [0.05, 0.1) is 5.56 Å². The van der Waals surface area contributed by atoms with Crippen molar-refractivity contribution >= 4 is 0 Å². The lowest BCUT2D eigenvalue weighted by Gasteiger charge is -2.67. The molecule has 1 aromatic carbocycles. The van der Waals surface area contributed by atoms with Gasteiger partial charge in [-0.05, 0) is 53.2 Å². The van der Waals surface area contributed by atoms with Gasteiger partial charge in [0.25, 0.3) is 0 Å². The van der Waals surface area contributed by atoms with Crippen molar-refractivity contribution in [1.29, 1.82) is 0 Å². The number of fused-ring (bicyclic) bond motifs is 2. The minimum Gasteiger partial charge on any atom is -0.327 e. The molecule has 0 saturated heterocycles. The van der Waals surface area contributed by atoms with Crippen molar-refractivity contribution in [3.05, 3.63) is 35.4 Å². The monoisotopic (exact) mass is 297 g/mol. The van der Waals surface area contributed by atoms with Crippen LogP contribution in [0.15, 0.2) is 24.3 Å².